The van der Waals surface area contributed by atoms with E-state index in [4.69, 9.17) is 4.74 Å². The molecule has 1 N–H and O–H groups in total. The second-order valence-corrected chi connectivity index (χ2v) is 6.26. The van der Waals surface area contributed by atoms with Crippen LogP contribution in [0.15, 0.2) is 37.1 Å². The fraction of sp³-hybridized carbons (Fsp3) is 0.333. The Morgan fingerprint density at radius 3 is 2.85 bits per heavy atom. The number of hydrogen-bond donors (Lipinski definition) is 1. The van der Waals surface area contributed by atoms with Crippen LogP contribution in [0.25, 0.3) is 22.4 Å². The standard InChI is InChI=1S/C18H21N7O/c1-4-14-8-21-18-20-7-13(10-24(14)18)15-5-6-25-16(15)9-19-17(23-25)22-12(2)11-26-3/h5-10,12H,4,11H2,1-3H3,(H,22,23)/t12-/m1/s1. The summed E-state index contributed by atoms with van der Waals surface area (Å²) >= 11 is 0. The molecule has 4 rings (SSSR count). The van der Waals surface area contributed by atoms with Gasteiger partial charge in [-0.2, -0.15) is 0 Å². The lowest BCUT2D eigenvalue weighted by molar-refractivity contribution is 0.190. The molecule has 4 heterocycles. The predicted octanol–water partition coefficient (Wildman–Crippen LogP) is 2.45. The number of hydrogen-bond acceptors (Lipinski definition) is 6. The molecule has 0 saturated carbocycles. The zero-order chi connectivity index (χ0) is 18.1. The van der Waals surface area contributed by atoms with Gasteiger partial charge in [-0.3, -0.25) is 4.40 Å². The predicted molar refractivity (Wildman–Crippen MR) is 99.3 cm³/mol. The molecule has 0 aliphatic carbocycles. The van der Waals surface area contributed by atoms with Crippen molar-refractivity contribution in [3.8, 4) is 11.1 Å². The van der Waals surface area contributed by atoms with Crippen LogP contribution in [0.2, 0.25) is 0 Å². The van der Waals surface area contributed by atoms with Crippen LogP contribution < -0.4 is 5.32 Å². The van der Waals surface area contributed by atoms with Gasteiger partial charge < -0.3 is 10.1 Å². The summed E-state index contributed by atoms with van der Waals surface area (Å²) in [5, 5.41) is 7.76. The summed E-state index contributed by atoms with van der Waals surface area (Å²) in [5.74, 6) is 1.28. The van der Waals surface area contributed by atoms with Crippen molar-refractivity contribution in [1.29, 1.82) is 0 Å². The largest absolute Gasteiger partial charge is 0.383 e. The topological polar surface area (TPSA) is 81.6 Å². The molecule has 0 aromatic carbocycles. The van der Waals surface area contributed by atoms with E-state index in [2.05, 4.69) is 38.5 Å². The fourth-order valence-electron chi connectivity index (χ4n) is 3.04. The highest BCUT2D eigenvalue weighted by molar-refractivity contribution is 5.79. The number of rotatable bonds is 6. The van der Waals surface area contributed by atoms with Crippen molar-refractivity contribution in [2.75, 3.05) is 19.0 Å². The highest BCUT2D eigenvalue weighted by atomic mass is 16.5. The fourth-order valence-corrected chi connectivity index (χ4v) is 3.04. The zero-order valence-electron chi connectivity index (χ0n) is 15.0. The molecule has 0 unspecified atom stereocenters. The molecule has 0 aliphatic heterocycles. The molecule has 0 aliphatic rings. The normalized spacial score (nSPS) is 12.7. The summed E-state index contributed by atoms with van der Waals surface area (Å²) in [7, 11) is 1.68. The van der Waals surface area contributed by atoms with Crippen LogP contribution >= 0.6 is 0 Å². The van der Waals surface area contributed by atoms with Crippen molar-refractivity contribution in [2.24, 2.45) is 0 Å². The first-order valence-electron chi connectivity index (χ1n) is 8.61. The minimum Gasteiger partial charge on any atom is -0.383 e. The molecule has 0 saturated heterocycles. The molecule has 0 fully saturated rings. The molecule has 134 valence electrons. The van der Waals surface area contributed by atoms with Crippen LogP contribution in [0.3, 0.4) is 0 Å². The molecule has 0 radical (unpaired) electrons. The third-order valence-corrected chi connectivity index (χ3v) is 4.32. The van der Waals surface area contributed by atoms with Crippen molar-refractivity contribution in [3.05, 3.63) is 42.7 Å². The Morgan fingerprint density at radius 1 is 1.19 bits per heavy atom. The summed E-state index contributed by atoms with van der Waals surface area (Å²) in [6.45, 7) is 4.72. The second kappa shape index (κ2) is 6.72. The number of nitrogens with one attached hydrogen (secondary N) is 1. The van der Waals surface area contributed by atoms with E-state index in [1.165, 1.54) is 0 Å². The van der Waals surface area contributed by atoms with E-state index in [0.29, 0.717) is 18.3 Å². The maximum atomic E-state index is 5.13. The van der Waals surface area contributed by atoms with Gasteiger partial charge in [-0.1, -0.05) is 6.92 Å². The van der Waals surface area contributed by atoms with Gasteiger partial charge in [-0.25, -0.2) is 19.5 Å². The lowest BCUT2D eigenvalue weighted by Crippen LogP contribution is -2.22. The lowest BCUT2D eigenvalue weighted by atomic mass is 10.1. The van der Waals surface area contributed by atoms with Gasteiger partial charge in [0.05, 0.1) is 24.5 Å². The number of imidazole rings is 1. The Bertz CT molecular complexity index is 1050. The van der Waals surface area contributed by atoms with Crippen molar-refractivity contribution in [1.82, 2.24) is 29.0 Å². The van der Waals surface area contributed by atoms with Crippen LogP contribution in [0, 0.1) is 0 Å². The molecule has 26 heavy (non-hydrogen) atoms. The van der Waals surface area contributed by atoms with E-state index >= 15 is 0 Å². The average molecular weight is 351 g/mol. The van der Waals surface area contributed by atoms with Crippen LogP contribution in [-0.2, 0) is 11.2 Å². The summed E-state index contributed by atoms with van der Waals surface area (Å²) in [4.78, 5) is 13.2. The zero-order valence-corrected chi connectivity index (χ0v) is 15.0. The number of anilines is 1. The molecular formula is C18H21N7O. The van der Waals surface area contributed by atoms with Crippen LogP contribution in [-0.4, -0.2) is 48.7 Å². The molecule has 0 spiro atoms. The number of aromatic nitrogens is 6. The Hall–Kier alpha value is -3.00. The molecule has 1 atom stereocenters. The molecular weight excluding hydrogens is 330 g/mol. The van der Waals surface area contributed by atoms with Crippen molar-refractivity contribution < 1.29 is 4.74 Å². The molecule has 8 nitrogen and oxygen atoms in total. The first-order valence-corrected chi connectivity index (χ1v) is 8.61. The van der Waals surface area contributed by atoms with Crippen LogP contribution in [0.5, 0.6) is 0 Å². The Kier molecular flexibility index (Phi) is 4.26. The van der Waals surface area contributed by atoms with Gasteiger partial charge in [0.15, 0.2) is 0 Å². The summed E-state index contributed by atoms with van der Waals surface area (Å²) < 4.78 is 8.99. The highest BCUT2D eigenvalue weighted by Gasteiger charge is 2.11. The summed E-state index contributed by atoms with van der Waals surface area (Å²) in [5.41, 5.74) is 4.10. The number of nitrogens with zero attached hydrogens (tertiary/aromatic N) is 6. The maximum Gasteiger partial charge on any atom is 0.241 e. The Morgan fingerprint density at radius 2 is 2.04 bits per heavy atom. The van der Waals surface area contributed by atoms with Crippen LogP contribution in [0.4, 0.5) is 5.95 Å². The third-order valence-electron chi connectivity index (χ3n) is 4.32. The number of ether oxygens (including phenoxy) is 1. The van der Waals surface area contributed by atoms with Gasteiger partial charge in [0.2, 0.25) is 11.7 Å². The third kappa shape index (κ3) is 2.88. The minimum atomic E-state index is 0.132. The number of fused-ring (bicyclic) bond motifs is 2. The quantitative estimate of drug-likeness (QED) is 0.575. The molecule has 4 aromatic rings. The first-order chi connectivity index (χ1) is 12.7. The average Bonchev–Trinajstić information content (AvgIpc) is 3.24. The minimum absolute atomic E-state index is 0.132. The van der Waals surface area contributed by atoms with E-state index in [-0.39, 0.29) is 6.04 Å². The summed E-state index contributed by atoms with van der Waals surface area (Å²) in [6.07, 6.45) is 10.4. The van der Waals surface area contributed by atoms with E-state index in [1.807, 2.05) is 46.7 Å². The van der Waals surface area contributed by atoms with Gasteiger partial charge >= 0.3 is 0 Å². The van der Waals surface area contributed by atoms with E-state index in [0.717, 1.165) is 28.8 Å². The first kappa shape index (κ1) is 16.5. The Balaban J connectivity index is 1.71. The molecule has 8 heteroatoms. The Labute approximate surface area is 150 Å². The van der Waals surface area contributed by atoms with Crippen LogP contribution in [0.1, 0.15) is 19.5 Å². The van der Waals surface area contributed by atoms with Gasteiger partial charge in [0, 0.05) is 48.6 Å². The monoisotopic (exact) mass is 351 g/mol. The molecule has 0 amide bonds. The highest BCUT2D eigenvalue weighted by Crippen LogP contribution is 2.25. The van der Waals surface area contributed by atoms with Crippen molar-refractivity contribution >= 4 is 17.2 Å². The van der Waals surface area contributed by atoms with E-state index < -0.39 is 0 Å². The van der Waals surface area contributed by atoms with E-state index in [1.54, 1.807) is 7.11 Å². The molecule has 4 aromatic heterocycles. The van der Waals surface area contributed by atoms with E-state index in [9.17, 15) is 0 Å². The van der Waals surface area contributed by atoms with Crippen molar-refractivity contribution in [2.45, 2.75) is 26.3 Å². The van der Waals surface area contributed by atoms with Gasteiger partial charge in [-0.15, -0.1) is 5.10 Å². The number of methoxy groups -OCH3 is 1. The SMILES string of the molecule is CCc1cnc2ncc(-c3ccn4nc(N[C@H](C)COC)ncc34)cn12. The van der Waals surface area contributed by atoms with Gasteiger partial charge in [0.1, 0.15) is 0 Å². The lowest BCUT2D eigenvalue weighted by Gasteiger charge is -2.12. The second-order valence-electron chi connectivity index (χ2n) is 6.26. The maximum absolute atomic E-state index is 5.13. The molecule has 0 bridgehead atoms. The smallest absolute Gasteiger partial charge is 0.241 e. The number of aryl methyl sites for hydroxylation is 1. The van der Waals surface area contributed by atoms with Gasteiger partial charge in [0.25, 0.3) is 0 Å². The van der Waals surface area contributed by atoms with Gasteiger partial charge in [-0.05, 0) is 19.4 Å². The summed E-state index contributed by atoms with van der Waals surface area (Å²) in [6, 6.07) is 2.16. The van der Waals surface area contributed by atoms with Crippen molar-refractivity contribution in [3.63, 3.8) is 0 Å².